The van der Waals surface area contributed by atoms with E-state index in [2.05, 4.69) is 111 Å². The Labute approximate surface area is 410 Å². The Kier molecular flexibility index (Phi) is 45.9. The molecule has 0 saturated carbocycles. The standard InChI is InChI=1S/C58H97NO8/c1-6-8-10-12-14-16-18-20-22-23-24-25-26-27-28-29-30-31-32-33-35-37-39-41-43-45-47-49-56(61)67-54(53-66-58(57(62)63)64-51-50-59(3,4)5)52-65-55(60)48-46-44-42-40-38-36-34-21-19-17-15-13-11-9-7-2/h8-11,14-17,20-22,24-25,34,38,40,54,58H,6-7,12-13,18-19,23,26-33,35-37,39,41-53H2,1-5H3/p+1/b10-8-,11-9-,16-14-,17-15-,22-20-,25-24-,34-21-,40-38-. The summed E-state index contributed by atoms with van der Waals surface area (Å²) in [5, 5.41) is 9.67. The molecule has 0 amide bonds. The SMILES string of the molecule is CC/C=C\C/C=C\C/C=C\C/C=C\CCCCCCCCCCCCCCCCC(=O)OC(COC(=O)CCCC/C=C\C/C=C\C/C=C\C/C=C\CC)COC(OCC[N+](C)(C)C)C(=O)O. The van der Waals surface area contributed by atoms with Gasteiger partial charge in [-0.3, -0.25) is 9.59 Å². The van der Waals surface area contributed by atoms with Crippen molar-refractivity contribution in [2.45, 2.75) is 206 Å². The number of likely N-dealkylation sites (N-methyl/N-ethyl adjacent to an activating group) is 1. The van der Waals surface area contributed by atoms with Gasteiger partial charge in [0, 0.05) is 12.8 Å². The number of carbonyl (C=O) groups is 3. The van der Waals surface area contributed by atoms with Crippen LogP contribution in [-0.2, 0) is 33.3 Å². The minimum atomic E-state index is -1.52. The summed E-state index contributed by atoms with van der Waals surface area (Å²) in [7, 11) is 5.94. The third-order valence-corrected chi connectivity index (χ3v) is 10.8. The van der Waals surface area contributed by atoms with E-state index in [1.54, 1.807) is 0 Å². The molecule has 0 fully saturated rings. The molecule has 0 radical (unpaired) electrons. The smallest absolute Gasteiger partial charge is 0.361 e. The van der Waals surface area contributed by atoms with Crippen LogP contribution < -0.4 is 0 Å². The van der Waals surface area contributed by atoms with E-state index in [1.807, 2.05) is 21.1 Å². The van der Waals surface area contributed by atoms with Crippen molar-refractivity contribution < 1.29 is 42.9 Å². The second-order valence-corrected chi connectivity index (χ2v) is 18.4. The summed E-state index contributed by atoms with van der Waals surface area (Å²) in [5.41, 5.74) is 0. The van der Waals surface area contributed by atoms with Gasteiger partial charge in [-0.25, -0.2) is 4.79 Å². The number of carboxylic acid groups (broad SMARTS) is 1. The van der Waals surface area contributed by atoms with E-state index in [9.17, 15) is 19.5 Å². The van der Waals surface area contributed by atoms with Crippen LogP contribution in [0, 0.1) is 0 Å². The first kappa shape index (κ1) is 63.2. The van der Waals surface area contributed by atoms with E-state index in [0.29, 0.717) is 23.9 Å². The molecule has 0 bridgehead atoms. The fraction of sp³-hybridized carbons (Fsp3) is 0.672. The average Bonchev–Trinajstić information content (AvgIpc) is 3.29. The van der Waals surface area contributed by atoms with Crippen molar-refractivity contribution in [2.75, 3.05) is 47.5 Å². The summed E-state index contributed by atoms with van der Waals surface area (Å²) in [6.45, 7) is 4.59. The minimum Gasteiger partial charge on any atom is -0.477 e. The third-order valence-electron chi connectivity index (χ3n) is 10.8. The number of unbranched alkanes of at least 4 members (excludes halogenated alkanes) is 16. The second-order valence-electron chi connectivity index (χ2n) is 18.4. The molecule has 0 aliphatic rings. The van der Waals surface area contributed by atoms with Gasteiger partial charge in [-0.1, -0.05) is 188 Å². The average molecular weight is 937 g/mol. The van der Waals surface area contributed by atoms with Gasteiger partial charge in [-0.05, 0) is 89.9 Å². The summed E-state index contributed by atoms with van der Waals surface area (Å²) in [6, 6.07) is 0. The van der Waals surface area contributed by atoms with Gasteiger partial charge < -0.3 is 28.5 Å². The Bertz CT molecular complexity index is 1420. The molecule has 0 heterocycles. The number of hydrogen-bond acceptors (Lipinski definition) is 7. The van der Waals surface area contributed by atoms with Gasteiger partial charge in [0.2, 0.25) is 0 Å². The first-order chi connectivity index (χ1) is 32.6. The molecule has 0 saturated heterocycles. The molecule has 9 nitrogen and oxygen atoms in total. The number of quaternary nitrogens is 1. The second kappa shape index (κ2) is 48.7. The highest BCUT2D eigenvalue weighted by molar-refractivity contribution is 5.71. The Hall–Kier alpha value is -3.79. The van der Waals surface area contributed by atoms with E-state index < -0.39 is 24.3 Å². The molecular formula is C58H98NO8+. The van der Waals surface area contributed by atoms with Gasteiger partial charge in [-0.2, -0.15) is 0 Å². The van der Waals surface area contributed by atoms with Gasteiger partial charge in [0.15, 0.2) is 6.10 Å². The van der Waals surface area contributed by atoms with Gasteiger partial charge in [0.1, 0.15) is 13.2 Å². The van der Waals surface area contributed by atoms with Crippen molar-refractivity contribution in [1.29, 1.82) is 0 Å². The first-order valence-electron chi connectivity index (χ1n) is 26.4. The van der Waals surface area contributed by atoms with E-state index in [1.165, 1.54) is 70.6 Å². The molecule has 0 aliphatic carbocycles. The van der Waals surface area contributed by atoms with Crippen LogP contribution in [0.4, 0.5) is 0 Å². The molecule has 0 aromatic carbocycles. The summed E-state index contributed by atoms with van der Waals surface area (Å²) in [6.07, 6.45) is 62.0. The molecule has 0 spiro atoms. The highest BCUT2D eigenvalue weighted by Gasteiger charge is 2.25. The van der Waals surface area contributed by atoms with Crippen molar-refractivity contribution in [3.63, 3.8) is 0 Å². The number of carbonyl (C=O) groups excluding carboxylic acids is 2. The summed E-state index contributed by atoms with van der Waals surface area (Å²) >= 11 is 0. The van der Waals surface area contributed by atoms with Crippen LogP contribution in [0.1, 0.15) is 194 Å². The maximum absolute atomic E-state index is 12.8. The van der Waals surface area contributed by atoms with E-state index in [0.717, 1.165) is 83.5 Å². The molecule has 2 atom stereocenters. The molecule has 2 unspecified atom stereocenters. The molecule has 0 aromatic heterocycles. The normalized spacial score (nSPS) is 13.6. The Balaban J connectivity index is 4.30. The molecule has 1 N–H and O–H groups in total. The van der Waals surface area contributed by atoms with Crippen LogP contribution in [-0.4, -0.2) is 87.4 Å². The molecule has 0 aliphatic heterocycles. The van der Waals surface area contributed by atoms with Crippen molar-refractivity contribution >= 4 is 17.9 Å². The zero-order valence-corrected chi connectivity index (χ0v) is 43.3. The van der Waals surface area contributed by atoms with Crippen LogP contribution in [0.3, 0.4) is 0 Å². The summed E-state index contributed by atoms with van der Waals surface area (Å²) in [4.78, 5) is 37.3. The lowest BCUT2D eigenvalue weighted by atomic mass is 10.0. The number of esters is 2. The van der Waals surface area contributed by atoms with Crippen LogP contribution in [0.25, 0.3) is 0 Å². The third kappa shape index (κ3) is 49.9. The maximum Gasteiger partial charge on any atom is 0.361 e. The fourth-order valence-electron chi connectivity index (χ4n) is 6.82. The van der Waals surface area contributed by atoms with Crippen molar-refractivity contribution in [2.24, 2.45) is 0 Å². The van der Waals surface area contributed by atoms with Crippen LogP contribution in [0.15, 0.2) is 97.2 Å². The molecular weight excluding hydrogens is 839 g/mol. The number of carboxylic acids is 1. The minimum absolute atomic E-state index is 0.176. The van der Waals surface area contributed by atoms with Crippen LogP contribution in [0.5, 0.6) is 0 Å². The molecule has 382 valence electrons. The van der Waals surface area contributed by atoms with Crippen LogP contribution in [0.2, 0.25) is 0 Å². The summed E-state index contributed by atoms with van der Waals surface area (Å²) < 4.78 is 22.8. The number of allylic oxidation sites excluding steroid dienone is 16. The predicted octanol–water partition coefficient (Wildman–Crippen LogP) is 15.0. The van der Waals surface area contributed by atoms with Crippen molar-refractivity contribution in [1.82, 2.24) is 0 Å². The monoisotopic (exact) mass is 937 g/mol. The molecule has 9 heteroatoms. The van der Waals surface area contributed by atoms with Gasteiger partial charge >= 0.3 is 17.9 Å². The van der Waals surface area contributed by atoms with Gasteiger partial charge in [-0.15, -0.1) is 0 Å². The predicted molar refractivity (Wildman–Crippen MR) is 281 cm³/mol. The Morgan fingerprint density at radius 1 is 0.448 bits per heavy atom. The maximum atomic E-state index is 12.8. The largest absolute Gasteiger partial charge is 0.477 e. The Morgan fingerprint density at radius 2 is 0.806 bits per heavy atom. The topological polar surface area (TPSA) is 108 Å². The lowest BCUT2D eigenvalue weighted by Gasteiger charge is -2.25. The first-order valence-corrected chi connectivity index (χ1v) is 26.4. The van der Waals surface area contributed by atoms with Gasteiger partial charge in [0.25, 0.3) is 6.29 Å². The van der Waals surface area contributed by atoms with E-state index >= 15 is 0 Å². The number of rotatable bonds is 47. The lowest BCUT2D eigenvalue weighted by Crippen LogP contribution is -2.40. The summed E-state index contributed by atoms with van der Waals surface area (Å²) in [5.74, 6) is -2.07. The Morgan fingerprint density at radius 3 is 1.22 bits per heavy atom. The lowest BCUT2D eigenvalue weighted by molar-refractivity contribution is -0.870. The fourth-order valence-corrected chi connectivity index (χ4v) is 6.82. The molecule has 0 rings (SSSR count). The van der Waals surface area contributed by atoms with Crippen molar-refractivity contribution in [3.05, 3.63) is 97.2 Å². The van der Waals surface area contributed by atoms with Gasteiger partial charge in [0.05, 0.1) is 34.4 Å². The number of ether oxygens (including phenoxy) is 4. The number of nitrogens with zero attached hydrogens (tertiary/aromatic N) is 1. The zero-order chi connectivity index (χ0) is 49.2. The highest BCUT2D eigenvalue weighted by atomic mass is 16.7. The van der Waals surface area contributed by atoms with E-state index in [-0.39, 0.29) is 38.6 Å². The quantitative estimate of drug-likeness (QED) is 0.0211. The van der Waals surface area contributed by atoms with E-state index in [4.69, 9.17) is 18.9 Å². The highest BCUT2D eigenvalue weighted by Crippen LogP contribution is 2.15. The zero-order valence-electron chi connectivity index (χ0n) is 43.3. The van der Waals surface area contributed by atoms with Crippen molar-refractivity contribution in [3.8, 4) is 0 Å². The number of aliphatic carboxylic acids is 1. The van der Waals surface area contributed by atoms with Crippen LogP contribution >= 0.6 is 0 Å². The molecule has 0 aromatic rings. The number of hydrogen-bond donors (Lipinski definition) is 1. The molecule has 67 heavy (non-hydrogen) atoms.